The summed E-state index contributed by atoms with van der Waals surface area (Å²) in [6.07, 6.45) is 7.11. The zero-order valence-corrected chi connectivity index (χ0v) is 17.0. The fraction of sp³-hybridized carbons (Fsp3) is 0.500. The first-order chi connectivity index (χ1) is 14.1. The number of nitrogens with one attached hydrogen (secondary N) is 1. The van der Waals surface area contributed by atoms with Gasteiger partial charge in [0.2, 0.25) is 5.95 Å². The highest BCUT2D eigenvalue weighted by atomic mass is 16.4. The quantitative estimate of drug-likeness (QED) is 0.755. The number of piperidine rings is 1. The third-order valence-electron chi connectivity index (χ3n) is 5.89. The Hall–Kier alpha value is -2.83. The molecule has 1 aromatic carbocycles. The number of anilines is 4. The molecule has 2 N–H and O–H groups in total. The minimum atomic E-state index is -0.923. The number of carboxylic acids is 1. The first-order valence-corrected chi connectivity index (χ1v) is 10.6. The van der Waals surface area contributed by atoms with Crippen LogP contribution in [0.4, 0.5) is 23.3 Å². The van der Waals surface area contributed by atoms with Gasteiger partial charge in [0, 0.05) is 37.4 Å². The number of benzene rings is 1. The third kappa shape index (κ3) is 4.44. The lowest BCUT2D eigenvalue weighted by Crippen LogP contribution is -2.40. The molecule has 0 saturated carbocycles. The second-order valence-electron chi connectivity index (χ2n) is 7.86. The van der Waals surface area contributed by atoms with E-state index >= 15 is 0 Å². The molecule has 2 aromatic rings. The molecule has 3 heterocycles. The molecule has 0 amide bonds. The van der Waals surface area contributed by atoms with Crippen molar-refractivity contribution in [2.45, 2.75) is 51.5 Å². The van der Waals surface area contributed by atoms with Gasteiger partial charge in [-0.15, -0.1) is 0 Å². The Labute approximate surface area is 171 Å². The van der Waals surface area contributed by atoms with Crippen molar-refractivity contribution < 1.29 is 9.90 Å². The minimum absolute atomic E-state index is 0.274. The van der Waals surface area contributed by atoms with Crippen LogP contribution < -0.4 is 15.1 Å². The summed E-state index contributed by atoms with van der Waals surface area (Å²) in [5.74, 6) is 1.59. The van der Waals surface area contributed by atoms with Crippen molar-refractivity contribution in [3.05, 3.63) is 35.9 Å². The van der Waals surface area contributed by atoms with E-state index < -0.39 is 5.97 Å². The van der Waals surface area contributed by atoms with Crippen molar-refractivity contribution >= 4 is 29.2 Å². The van der Waals surface area contributed by atoms with Gasteiger partial charge in [-0.25, -0.2) is 4.79 Å². The third-order valence-corrected chi connectivity index (χ3v) is 5.89. The van der Waals surface area contributed by atoms with Gasteiger partial charge in [-0.3, -0.25) is 0 Å². The van der Waals surface area contributed by atoms with Crippen molar-refractivity contribution in [2.24, 2.45) is 0 Å². The molecule has 0 spiro atoms. The molecule has 29 heavy (non-hydrogen) atoms. The lowest BCUT2D eigenvalue weighted by molar-refractivity contribution is 0.0697. The Morgan fingerprint density at radius 3 is 2.52 bits per heavy atom. The highest BCUT2D eigenvalue weighted by molar-refractivity contribution is 5.88. The van der Waals surface area contributed by atoms with Crippen LogP contribution >= 0.6 is 0 Å². The van der Waals surface area contributed by atoms with Gasteiger partial charge in [-0.2, -0.15) is 9.97 Å². The SMILES string of the molecule is CCC1CCCCN1c1nc(Nc2ccc(C(=O)O)cc2)cc(N2CCCC2)n1. The first kappa shape index (κ1) is 19.5. The van der Waals surface area contributed by atoms with Crippen LogP contribution in [0.2, 0.25) is 0 Å². The molecule has 2 aliphatic heterocycles. The van der Waals surface area contributed by atoms with E-state index in [1.165, 1.54) is 32.1 Å². The van der Waals surface area contributed by atoms with Crippen LogP contribution in [-0.2, 0) is 0 Å². The average Bonchev–Trinajstić information content (AvgIpc) is 3.29. The van der Waals surface area contributed by atoms with E-state index in [0.29, 0.717) is 6.04 Å². The maximum Gasteiger partial charge on any atom is 0.335 e. The second kappa shape index (κ2) is 8.68. The number of rotatable bonds is 6. The van der Waals surface area contributed by atoms with E-state index in [2.05, 4.69) is 22.0 Å². The molecule has 2 saturated heterocycles. The zero-order valence-electron chi connectivity index (χ0n) is 17.0. The van der Waals surface area contributed by atoms with Crippen LogP contribution in [0, 0.1) is 0 Å². The number of nitrogens with zero attached hydrogens (tertiary/aromatic N) is 4. The molecule has 7 nitrogen and oxygen atoms in total. The van der Waals surface area contributed by atoms with Crippen LogP contribution in [0.15, 0.2) is 30.3 Å². The number of hydrogen-bond acceptors (Lipinski definition) is 6. The predicted molar refractivity (Wildman–Crippen MR) is 115 cm³/mol. The molecule has 1 unspecified atom stereocenters. The van der Waals surface area contributed by atoms with Gasteiger partial charge in [-0.05, 0) is 62.8 Å². The number of carboxylic acid groups (broad SMARTS) is 1. The van der Waals surface area contributed by atoms with Gasteiger partial charge in [0.1, 0.15) is 11.6 Å². The Morgan fingerprint density at radius 1 is 1.10 bits per heavy atom. The summed E-state index contributed by atoms with van der Waals surface area (Å²) in [5, 5.41) is 12.4. The van der Waals surface area contributed by atoms with E-state index in [9.17, 15) is 4.79 Å². The number of carbonyl (C=O) groups is 1. The van der Waals surface area contributed by atoms with Gasteiger partial charge >= 0.3 is 5.97 Å². The van der Waals surface area contributed by atoms with Crippen LogP contribution in [-0.4, -0.2) is 46.7 Å². The highest BCUT2D eigenvalue weighted by Gasteiger charge is 2.25. The van der Waals surface area contributed by atoms with E-state index in [4.69, 9.17) is 15.1 Å². The maximum atomic E-state index is 11.1. The number of aromatic carboxylic acids is 1. The standard InChI is InChI=1S/C22H29N5O2/c1-2-18-7-3-4-14-27(18)22-24-19(15-20(25-22)26-12-5-6-13-26)23-17-10-8-16(9-11-17)21(28)29/h8-11,15,18H,2-7,12-14H2,1H3,(H,28,29)(H,23,24,25). The van der Waals surface area contributed by atoms with E-state index in [-0.39, 0.29) is 5.56 Å². The average molecular weight is 396 g/mol. The van der Waals surface area contributed by atoms with E-state index in [1.54, 1.807) is 24.3 Å². The van der Waals surface area contributed by atoms with Gasteiger partial charge in [0.05, 0.1) is 5.56 Å². The predicted octanol–water partition coefficient (Wildman–Crippen LogP) is 4.29. The molecule has 0 radical (unpaired) electrons. The summed E-state index contributed by atoms with van der Waals surface area (Å²) in [7, 11) is 0. The molecular weight excluding hydrogens is 366 g/mol. The largest absolute Gasteiger partial charge is 0.478 e. The minimum Gasteiger partial charge on any atom is -0.478 e. The van der Waals surface area contributed by atoms with Gasteiger partial charge in [0.15, 0.2) is 0 Å². The molecule has 0 bridgehead atoms. The van der Waals surface area contributed by atoms with E-state index in [1.807, 2.05) is 6.07 Å². The molecular formula is C22H29N5O2. The van der Waals surface area contributed by atoms with Crippen LogP contribution in [0.1, 0.15) is 55.8 Å². The topological polar surface area (TPSA) is 81.6 Å². The summed E-state index contributed by atoms with van der Waals surface area (Å²) in [5.41, 5.74) is 1.09. The summed E-state index contributed by atoms with van der Waals surface area (Å²) < 4.78 is 0. The van der Waals surface area contributed by atoms with Crippen molar-refractivity contribution in [1.29, 1.82) is 0 Å². The lowest BCUT2D eigenvalue weighted by Gasteiger charge is -2.36. The Bertz CT molecular complexity index is 849. The number of aromatic nitrogens is 2. The van der Waals surface area contributed by atoms with E-state index in [0.717, 1.165) is 49.3 Å². The molecule has 1 atom stereocenters. The van der Waals surface area contributed by atoms with Crippen molar-refractivity contribution in [3.63, 3.8) is 0 Å². The Balaban J connectivity index is 1.64. The van der Waals surface area contributed by atoms with Crippen LogP contribution in [0.3, 0.4) is 0 Å². The van der Waals surface area contributed by atoms with Gasteiger partial charge in [-0.1, -0.05) is 6.92 Å². The van der Waals surface area contributed by atoms with Crippen LogP contribution in [0.5, 0.6) is 0 Å². The van der Waals surface area contributed by atoms with Crippen molar-refractivity contribution in [3.8, 4) is 0 Å². The molecule has 7 heteroatoms. The molecule has 2 fully saturated rings. The fourth-order valence-corrected chi connectivity index (χ4v) is 4.26. The van der Waals surface area contributed by atoms with Crippen molar-refractivity contribution in [2.75, 3.05) is 34.8 Å². The maximum absolute atomic E-state index is 11.1. The fourth-order valence-electron chi connectivity index (χ4n) is 4.26. The zero-order chi connectivity index (χ0) is 20.2. The number of hydrogen-bond donors (Lipinski definition) is 2. The molecule has 0 aliphatic carbocycles. The normalized spacial score (nSPS) is 19.4. The van der Waals surface area contributed by atoms with Gasteiger partial charge < -0.3 is 20.2 Å². The van der Waals surface area contributed by atoms with Crippen molar-refractivity contribution in [1.82, 2.24) is 9.97 Å². The first-order valence-electron chi connectivity index (χ1n) is 10.6. The smallest absolute Gasteiger partial charge is 0.335 e. The molecule has 1 aromatic heterocycles. The molecule has 2 aliphatic rings. The van der Waals surface area contributed by atoms with Crippen LogP contribution in [0.25, 0.3) is 0 Å². The summed E-state index contributed by atoms with van der Waals surface area (Å²) in [6, 6.07) is 9.25. The highest BCUT2D eigenvalue weighted by Crippen LogP contribution is 2.29. The monoisotopic (exact) mass is 395 g/mol. The lowest BCUT2D eigenvalue weighted by atomic mass is 10.0. The molecule has 154 valence electrons. The summed E-state index contributed by atoms with van der Waals surface area (Å²) in [4.78, 5) is 25.6. The molecule has 4 rings (SSSR count). The second-order valence-corrected chi connectivity index (χ2v) is 7.86. The van der Waals surface area contributed by atoms with Gasteiger partial charge in [0.25, 0.3) is 0 Å². The Morgan fingerprint density at radius 2 is 1.83 bits per heavy atom. The Kier molecular flexibility index (Phi) is 5.83. The summed E-state index contributed by atoms with van der Waals surface area (Å²) >= 11 is 0. The summed E-state index contributed by atoms with van der Waals surface area (Å²) in [6.45, 7) is 5.28.